The van der Waals surface area contributed by atoms with Crippen LogP contribution in [0.5, 0.6) is 0 Å². The summed E-state index contributed by atoms with van der Waals surface area (Å²) in [7, 11) is 0. The Hall–Kier alpha value is -0.530. The van der Waals surface area contributed by atoms with Gasteiger partial charge < -0.3 is 5.11 Å². The normalized spacial score (nSPS) is 15.3. The van der Waals surface area contributed by atoms with Crippen molar-refractivity contribution in [1.29, 1.82) is 0 Å². The van der Waals surface area contributed by atoms with Crippen LogP contribution in [0.1, 0.15) is 111 Å². The summed E-state index contributed by atoms with van der Waals surface area (Å²) in [5, 5.41) is 8.95. The summed E-state index contributed by atoms with van der Waals surface area (Å²) in [6.07, 6.45) is 17.2. The van der Waals surface area contributed by atoms with E-state index in [1.807, 2.05) is 6.92 Å². The summed E-state index contributed by atoms with van der Waals surface area (Å²) in [6, 6.07) is 0. The summed E-state index contributed by atoms with van der Waals surface area (Å²) in [4.78, 5) is 10.9. The standard InChI is InChI=1S/C21H42O2/c1-5-6-7-8-9-10-11-12-14-18(2)15-13-16-19(3)17-20(4)21(22)23/h18-20H,5-17H2,1-4H3,(H,22,23). The van der Waals surface area contributed by atoms with Gasteiger partial charge in [0.1, 0.15) is 0 Å². The van der Waals surface area contributed by atoms with E-state index in [0.29, 0.717) is 5.92 Å². The van der Waals surface area contributed by atoms with Gasteiger partial charge in [-0.3, -0.25) is 4.79 Å². The molecule has 0 saturated heterocycles. The van der Waals surface area contributed by atoms with Gasteiger partial charge in [-0.05, 0) is 18.3 Å². The zero-order valence-electron chi connectivity index (χ0n) is 16.3. The van der Waals surface area contributed by atoms with Gasteiger partial charge >= 0.3 is 5.97 Å². The predicted molar refractivity (Wildman–Crippen MR) is 101 cm³/mol. The van der Waals surface area contributed by atoms with Crippen LogP contribution in [0.4, 0.5) is 0 Å². The minimum absolute atomic E-state index is 0.195. The molecule has 0 aromatic rings. The minimum Gasteiger partial charge on any atom is -0.481 e. The topological polar surface area (TPSA) is 37.3 Å². The molecule has 3 unspecified atom stereocenters. The molecular weight excluding hydrogens is 284 g/mol. The van der Waals surface area contributed by atoms with Crippen LogP contribution >= 0.6 is 0 Å². The lowest BCUT2D eigenvalue weighted by atomic mass is 9.90. The maximum Gasteiger partial charge on any atom is 0.306 e. The maximum atomic E-state index is 10.9. The smallest absolute Gasteiger partial charge is 0.306 e. The molecule has 0 radical (unpaired) electrons. The summed E-state index contributed by atoms with van der Waals surface area (Å²) < 4.78 is 0. The Kier molecular flexibility index (Phi) is 14.7. The van der Waals surface area contributed by atoms with Gasteiger partial charge in [-0.1, -0.05) is 105 Å². The summed E-state index contributed by atoms with van der Waals surface area (Å²) in [5.74, 6) is 0.523. The number of carbonyl (C=O) groups is 1. The first kappa shape index (κ1) is 22.5. The molecule has 0 spiro atoms. The second-order valence-electron chi connectivity index (χ2n) is 7.88. The highest BCUT2D eigenvalue weighted by molar-refractivity contribution is 5.69. The molecule has 0 fully saturated rings. The number of hydrogen-bond acceptors (Lipinski definition) is 1. The van der Waals surface area contributed by atoms with Gasteiger partial charge in [-0.15, -0.1) is 0 Å². The highest BCUT2D eigenvalue weighted by atomic mass is 16.4. The molecule has 138 valence electrons. The first-order valence-electron chi connectivity index (χ1n) is 10.2. The first-order valence-corrected chi connectivity index (χ1v) is 10.2. The molecule has 23 heavy (non-hydrogen) atoms. The van der Waals surface area contributed by atoms with Crippen LogP contribution in [0.25, 0.3) is 0 Å². The second kappa shape index (κ2) is 15.0. The molecule has 0 aromatic heterocycles. The van der Waals surface area contributed by atoms with Crippen LogP contribution in [0, 0.1) is 17.8 Å². The van der Waals surface area contributed by atoms with Gasteiger partial charge in [0.05, 0.1) is 5.92 Å². The molecule has 2 nitrogen and oxygen atoms in total. The SMILES string of the molecule is CCCCCCCCCCC(C)CCCC(C)CC(C)C(=O)O. The van der Waals surface area contributed by atoms with E-state index in [-0.39, 0.29) is 5.92 Å². The van der Waals surface area contributed by atoms with E-state index < -0.39 is 5.97 Å². The minimum atomic E-state index is -0.653. The number of carboxylic acids is 1. The van der Waals surface area contributed by atoms with Gasteiger partial charge in [0.2, 0.25) is 0 Å². The summed E-state index contributed by atoms with van der Waals surface area (Å²) in [6.45, 7) is 8.67. The summed E-state index contributed by atoms with van der Waals surface area (Å²) >= 11 is 0. The fourth-order valence-corrected chi connectivity index (χ4v) is 3.41. The molecule has 0 aliphatic carbocycles. The van der Waals surface area contributed by atoms with E-state index in [4.69, 9.17) is 5.11 Å². The molecule has 0 amide bonds. The monoisotopic (exact) mass is 326 g/mol. The van der Waals surface area contributed by atoms with Crippen molar-refractivity contribution in [3.8, 4) is 0 Å². The highest BCUT2D eigenvalue weighted by Gasteiger charge is 2.15. The van der Waals surface area contributed by atoms with Crippen molar-refractivity contribution in [1.82, 2.24) is 0 Å². The zero-order valence-corrected chi connectivity index (χ0v) is 16.3. The van der Waals surface area contributed by atoms with Crippen molar-refractivity contribution in [2.45, 2.75) is 111 Å². The van der Waals surface area contributed by atoms with E-state index in [1.54, 1.807) is 0 Å². The maximum absolute atomic E-state index is 10.9. The van der Waals surface area contributed by atoms with E-state index in [1.165, 1.54) is 77.0 Å². The molecule has 2 heteroatoms. The number of hydrogen-bond donors (Lipinski definition) is 1. The number of aliphatic carboxylic acids is 1. The van der Waals surface area contributed by atoms with Gasteiger partial charge in [-0.2, -0.15) is 0 Å². The number of carboxylic acid groups (broad SMARTS) is 1. The molecule has 0 saturated carbocycles. The quantitative estimate of drug-likeness (QED) is 0.308. The van der Waals surface area contributed by atoms with Crippen molar-refractivity contribution in [3.63, 3.8) is 0 Å². The molecule has 0 bridgehead atoms. The van der Waals surface area contributed by atoms with Gasteiger partial charge in [0.25, 0.3) is 0 Å². The van der Waals surface area contributed by atoms with Crippen LogP contribution in [-0.2, 0) is 4.79 Å². The van der Waals surface area contributed by atoms with Crippen LogP contribution in [-0.4, -0.2) is 11.1 Å². The Morgan fingerprint density at radius 3 is 1.78 bits per heavy atom. The Morgan fingerprint density at radius 2 is 1.22 bits per heavy atom. The second-order valence-corrected chi connectivity index (χ2v) is 7.88. The molecular formula is C21H42O2. The highest BCUT2D eigenvalue weighted by Crippen LogP contribution is 2.22. The third-order valence-electron chi connectivity index (χ3n) is 5.12. The number of rotatable bonds is 16. The van der Waals surface area contributed by atoms with E-state index in [2.05, 4.69) is 20.8 Å². The Labute approximate surface area is 145 Å². The van der Waals surface area contributed by atoms with E-state index in [9.17, 15) is 4.79 Å². The molecule has 0 heterocycles. The van der Waals surface area contributed by atoms with Crippen LogP contribution in [0.3, 0.4) is 0 Å². The Balaban J connectivity index is 3.43. The third kappa shape index (κ3) is 14.8. The van der Waals surface area contributed by atoms with Crippen molar-refractivity contribution in [2.75, 3.05) is 0 Å². The molecule has 0 aliphatic rings. The van der Waals surface area contributed by atoms with E-state index in [0.717, 1.165) is 12.3 Å². The molecule has 0 aromatic carbocycles. The summed E-state index contributed by atoms with van der Waals surface area (Å²) in [5.41, 5.74) is 0. The lowest BCUT2D eigenvalue weighted by molar-refractivity contribution is -0.141. The average molecular weight is 327 g/mol. The van der Waals surface area contributed by atoms with Gasteiger partial charge in [0.15, 0.2) is 0 Å². The third-order valence-corrected chi connectivity index (χ3v) is 5.12. The van der Waals surface area contributed by atoms with Gasteiger partial charge in [-0.25, -0.2) is 0 Å². The number of unbranched alkanes of at least 4 members (excludes halogenated alkanes) is 7. The molecule has 0 rings (SSSR count). The first-order chi connectivity index (χ1) is 11.0. The molecule has 1 N–H and O–H groups in total. The van der Waals surface area contributed by atoms with Crippen LogP contribution in [0.2, 0.25) is 0 Å². The lowest BCUT2D eigenvalue weighted by Gasteiger charge is -2.16. The fourth-order valence-electron chi connectivity index (χ4n) is 3.41. The average Bonchev–Trinajstić information content (AvgIpc) is 2.49. The van der Waals surface area contributed by atoms with Crippen molar-refractivity contribution in [3.05, 3.63) is 0 Å². The van der Waals surface area contributed by atoms with Crippen molar-refractivity contribution >= 4 is 5.97 Å². The van der Waals surface area contributed by atoms with Gasteiger partial charge in [0, 0.05) is 0 Å². The van der Waals surface area contributed by atoms with Crippen LogP contribution < -0.4 is 0 Å². The van der Waals surface area contributed by atoms with E-state index >= 15 is 0 Å². The fraction of sp³-hybridized carbons (Fsp3) is 0.952. The lowest BCUT2D eigenvalue weighted by Crippen LogP contribution is -2.13. The predicted octanol–water partition coefficient (Wildman–Crippen LogP) is 7.07. The zero-order chi connectivity index (χ0) is 17.5. The Morgan fingerprint density at radius 1 is 0.739 bits per heavy atom. The Bertz CT molecular complexity index is 275. The largest absolute Gasteiger partial charge is 0.481 e. The van der Waals surface area contributed by atoms with Crippen molar-refractivity contribution < 1.29 is 9.90 Å². The van der Waals surface area contributed by atoms with Crippen molar-refractivity contribution in [2.24, 2.45) is 17.8 Å². The molecule has 3 atom stereocenters. The van der Waals surface area contributed by atoms with Crippen LogP contribution in [0.15, 0.2) is 0 Å². The molecule has 0 aliphatic heterocycles.